The molecule has 0 bridgehead atoms. The number of benzene rings is 1. The molecule has 1 unspecified atom stereocenters. The fourth-order valence-corrected chi connectivity index (χ4v) is 3.08. The van der Waals surface area contributed by atoms with Crippen LogP contribution in [-0.2, 0) is 11.3 Å². The van der Waals surface area contributed by atoms with Crippen LogP contribution in [0.25, 0.3) is 0 Å². The van der Waals surface area contributed by atoms with Gasteiger partial charge in [-0.3, -0.25) is 9.69 Å². The van der Waals surface area contributed by atoms with Gasteiger partial charge in [0.1, 0.15) is 0 Å². The Labute approximate surface area is 169 Å². The number of carbonyl (C=O) groups is 1. The van der Waals surface area contributed by atoms with Crippen LogP contribution < -0.4 is 10.6 Å². The lowest BCUT2D eigenvalue weighted by Crippen LogP contribution is -2.44. The van der Waals surface area contributed by atoms with Crippen molar-refractivity contribution in [3.05, 3.63) is 35.4 Å². The van der Waals surface area contributed by atoms with E-state index in [0.717, 1.165) is 57.5 Å². The van der Waals surface area contributed by atoms with Crippen molar-refractivity contribution in [1.29, 1.82) is 0 Å². The first-order valence-corrected chi connectivity index (χ1v) is 10.1. The second-order valence-corrected chi connectivity index (χ2v) is 7.49. The predicted octanol–water partition coefficient (Wildman–Crippen LogP) is 1.41. The summed E-state index contributed by atoms with van der Waals surface area (Å²) >= 11 is 0. The van der Waals surface area contributed by atoms with Gasteiger partial charge in [-0.2, -0.15) is 0 Å². The summed E-state index contributed by atoms with van der Waals surface area (Å²) in [5.74, 6) is 1.36. The summed E-state index contributed by atoms with van der Waals surface area (Å²) in [7, 11) is 3.52. The maximum absolute atomic E-state index is 12.0. The Morgan fingerprint density at radius 2 is 1.89 bits per heavy atom. The third-order valence-corrected chi connectivity index (χ3v) is 4.66. The summed E-state index contributed by atoms with van der Waals surface area (Å²) in [6.07, 6.45) is 0. The average Bonchev–Trinajstić information content (AvgIpc) is 2.70. The van der Waals surface area contributed by atoms with E-state index in [1.54, 1.807) is 19.0 Å². The third-order valence-electron chi connectivity index (χ3n) is 4.66. The number of guanidine groups is 1. The molecule has 1 aliphatic heterocycles. The van der Waals surface area contributed by atoms with Gasteiger partial charge in [0.25, 0.3) is 5.91 Å². The molecule has 1 amide bonds. The van der Waals surface area contributed by atoms with Gasteiger partial charge in [-0.25, -0.2) is 4.99 Å². The van der Waals surface area contributed by atoms with Crippen molar-refractivity contribution < 1.29 is 9.53 Å². The number of hydrogen-bond acceptors (Lipinski definition) is 4. The molecule has 0 spiro atoms. The predicted molar refractivity (Wildman–Crippen MR) is 114 cm³/mol. The van der Waals surface area contributed by atoms with E-state index in [1.165, 1.54) is 0 Å². The van der Waals surface area contributed by atoms with E-state index in [1.807, 2.05) is 24.3 Å². The Morgan fingerprint density at radius 1 is 1.21 bits per heavy atom. The first-order chi connectivity index (χ1) is 13.5. The van der Waals surface area contributed by atoms with Gasteiger partial charge >= 0.3 is 0 Å². The number of aliphatic imine (C=N–C) groups is 1. The van der Waals surface area contributed by atoms with Crippen LogP contribution in [0.5, 0.6) is 0 Å². The number of amides is 1. The molecule has 1 aromatic rings. The minimum Gasteiger partial charge on any atom is -0.379 e. The monoisotopic (exact) mass is 389 g/mol. The SMILES string of the molecule is CCNC(=NCc1ccc(C(=O)N(C)C)cc1)NCC(C)CN1CCOCC1. The first kappa shape index (κ1) is 22.2. The molecule has 0 aliphatic carbocycles. The van der Waals surface area contributed by atoms with Crippen LogP contribution in [0.3, 0.4) is 0 Å². The van der Waals surface area contributed by atoms with Crippen LogP contribution in [0.15, 0.2) is 29.3 Å². The molecule has 1 aliphatic rings. The molecule has 0 aromatic heterocycles. The van der Waals surface area contributed by atoms with Gasteiger partial charge in [-0.15, -0.1) is 0 Å². The van der Waals surface area contributed by atoms with Crippen LogP contribution in [-0.4, -0.2) is 81.7 Å². The molecule has 2 N–H and O–H groups in total. The summed E-state index contributed by atoms with van der Waals surface area (Å²) in [6.45, 7) is 11.4. The smallest absolute Gasteiger partial charge is 0.253 e. The van der Waals surface area contributed by atoms with Gasteiger partial charge in [0.2, 0.25) is 0 Å². The molecule has 1 saturated heterocycles. The van der Waals surface area contributed by atoms with Crippen molar-refractivity contribution >= 4 is 11.9 Å². The molecular formula is C21H35N5O2. The van der Waals surface area contributed by atoms with Crippen molar-refractivity contribution in [1.82, 2.24) is 20.4 Å². The summed E-state index contributed by atoms with van der Waals surface area (Å²) < 4.78 is 5.41. The van der Waals surface area contributed by atoms with Crippen molar-refractivity contribution in [2.75, 3.05) is 60.0 Å². The molecule has 7 heteroatoms. The number of ether oxygens (including phenoxy) is 1. The lowest BCUT2D eigenvalue weighted by atomic mass is 10.1. The minimum absolute atomic E-state index is 0.0133. The standard InChI is InChI=1S/C21H35N5O2/c1-5-22-21(23-14-17(2)16-26-10-12-28-13-11-26)24-15-18-6-8-19(9-7-18)20(27)25(3)4/h6-9,17H,5,10-16H2,1-4H3,(H2,22,23,24). The maximum Gasteiger partial charge on any atom is 0.253 e. The van der Waals surface area contributed by atoms with Crippen molar-refractivity contribution in [3.8, 4) is 0 Å². The van der Waals surface area contributed by atoms with Crippen molar-refractivity contribution in [2.45, 2.75) is 20.4 Å². The number of nitrogens with zero attached hydrogens (tertiary/aromatic N) is 3. The molecule has 1 heterocycles. The number of morpholine rings is 1. The fraction of sp³-hybridized carbons (Fsp3) is 0.619. The van der Waals surface area contributed by atoms with E-state index in [0.29, 0.717) is 18.0 Å². The highest BCUT2D eigenvalue weighted by Gasteiger charge is 2.14. The van der Waals surface area contributed by atoms with E-state index in [2.05, 4.69) is 34.4 Å². The van der Waals surface area contributed by atoms with E-state index < -0.39 is 0 Å². The van der Waals surface area contributed by atoms with Gasteiger partial charge in [-0.1, -0.05) is 19.1 Å². The summed E-state index contributed by atoms with van der Waals surface area (Å²) in [6, 6.07) is 7.64. The Hall–Kier alpha value is -2.12. The highest BCUT2D eigenvalue weighted by Crippen LogP contribution is 2.08. The normalized spacial score (nSPS) is 16.5. The Balaban J connectivity index is 1.84. The largest absolute Gasteiger partial charge is 0.379 e. The molecule has 1 atom stereocenters. The van der Waals surface area contributed by atoms with E-state index in [-0.39, 0.29) is 5.91 Å². The molecule has 1 aromatic carbocycles. The Morgan fingerprint density at radius 3 is 2.50 bits per heavy atom. The molecule has 7 nitrogen and oxygen atoms in total. The van der Waals surface area contributed by atoms with E-state index >= 15 is 0 Å². The number of carbonyl (C=O) groups excluding carboxylic acids is 1. The zero-order valence-electron chi connectivity index (χ0n) is 17.7. The fourth-order valence-electron chi connectivity index (χ4n) is 3.08. The van der Waals surface area contributed by atoms with Crippen LogP contribution in [0.2, 0.25) is 0 Å². The second-order valence-electron chi connectivity index (χ2n) is 7.49. The molecular weight excluding hydrogens is 354 g/mol. The number of nitrogens with one attached hydrogen (secondary N) is 2. The first-order valence-electron chi connectivity index (χ1n) is 10.1. The highest BCUT2D eigenvalue weighted by molar-refractivity contribution is 5.93. The molecule has 0 saturated carbocycles. The van der Waals surface area contributed by atoms with Gasteiger partial charge in [-0.05, 0) is 30.5 Å². The lowest BCUT2D eigenvalue weighted by molar-refractivity contribution is 0.0320. The Kier molecular flexibility index (Phi) is 9.23. The summed E-state index contributed by atoms with van der Waals surface area (Å²) in [5.41, 5.74) is 1.77. The average molecular weight is 390 g/mol. The van der Waals surface area contributed by atoms with Crippen molar-refractivity contribution in [3.63, 3.8) is 0 Å². The van der Waals surface area contributed by atoms with E-state index in [4.69, 9.17) is 4.74 Å². The third kappa shape index (κ3) is 7.48. The summed E-state index contributed by atoms with van der Waals surface area (Å²) in [4.78, 5) is 20.7. The van der Waals surface area contributed by atoms with Gasteiger partial charge in [0.15, 0.2) is 5.96 Å². The van der Waals surface area contributed by atoms with Crippen LogP contribution in [0.4, 0.5) is 0 Å². The number of rotatable bonds is 8. The molecule has 1 fully saturated rings. The Bertz CT molecular complexity index is 624. The summed E-state index contributed by atoms with van der Waals surface area (Å²) in [5, 5.41) is 6.75. The van der Waals surface area contributed by atoms with Crippen LogP contribution in [0.1, 0.15) is 29.8 Å². The maximum atomic E-state index is 12.0. The lowest BCUT2D eigenvalue weighted by Gasteiger charge is -2.29. The highest BCUT2D eigenvalue weighted by atomic mass is 16.5. The molecule has 2 rings (SSSR count). The minimum atomic E-state index is 0.0133. The van der Waals surface area contributed by atoms with Crippen LogP contribution >= 0.6 is 0 Å². The quantitative estimate of drug-likeness (QED) is 0.520. The second kappa shape index (κ2) is 11.7. The van der Waals surface area contributed by atoms with Gasteiger partial charge < -0.3 is 20.3 Å². The van der Waals surface area contributed by atoms with Gasteiger partial charge in [0, 0.05) is 52.4 Å². The van der Waals surface area contributed by atoms with Crippen LogP contribution in [0, 0.1) is 5.92 Å². The zero-order chi connectivity index (χ0) is 20.4. The van der Waals surface area contributed by atoms with Crippen molar-refractivity contribution in [2.24, 2.45) is 10.9 Å². The number of hydrogen-bond donors (Lipinski definition) is 2. The molecule has 156 valence electrons. The topological polar surface area (TPSA) is 69.2 Å². The van der Waals surface area contributed by atoms with Gasteiger partial charge in [0.05, 0.1) is 19.8 Å². The molecule has 28 heavy (non-hydrogen) atoms. The molecule has 0 radical (unpaired) electrons. The zero-order valence-corrected chi connectivity index (χ0v) is 17.7. The van der Waals surface area contributed by atoms with E-state index in [9.17, 15) is 4.79 Å².